The van der Waals surface area contributed by atoms with Crippen LogP contribution in [0.4, 0.5) is 8.78 Å². The molecule has 8 heteroatoms. The van der Waals surface area contributed by atoms with Crippen LogP contribution in [-0.2, 0) is 6.42 Å². The monoisotopic (exact) mass is 322 g/mol. The van der Waals surface area contributed by atoms with Crippen LogP contribution in [0.5, 0.6) is 0 Å². The molecule has 0 saturated carbocycles. The lowest BCUT2D eigenvalue weighted by Crippen LogP contribution is -2.41. The van der Waals surface area contributed by atoms with E-state index >= 15 is 0 Å². The molecule has 21 heavy (non-hydrogen) atoms. The first-order valence-electron chi connectivity index (χ1n) is 6.37. The minimum Gasteiger partial charge on any atom is -0.455 e. The molecule has 1 amide bonds. The largest absolute Gasteiger partial charge is 0.455 e. The number of aryl methyl sites for hydroxylation is 1. The Bertz CT molecular complexity index is 558. The first-order valence-corrected chi connectivity index (χ1v) is 6.37. The second-order valence-electron chi connectivity index (χ2n) is 4.87. The van der Waals surface area contributed by atoms with Crippen molar-refractivity contribution in [2.75, 3.05) is 13.1 Å². The molecule has 0 atom stereocenters. The Morgan fingerprint density at radius 1 is 1.43 bits per heavy atom. The third kappa shape index (κ3) is 3.59. The van der Waals surface area contributed by atoms with E-state index in [0.29, 0.717) is 36.1 Å². The van der Waals surface area contributed by atoms with Crippen molar-refractivity contribution in [1.29, 1.82) is 0 Å². The molecule has 2 rings (SSSR count). The fourth-order valence-electron chi connectivity index (χ4n) is 2.23. The standard InChI is InChI=1S/C13H16F2N2O3.ClH/c1-7-10-8(18)3-2-4-9(10)20-11(7)12(19)17-6-13(14,15)5-16;/h2-6,16H2,1H3,(H,17,19);1H. The third-order valence-corrected chi connectivity index (χ3v) is 3.32. The van der Waals surface area contributed by atoms with Gasteiger partial charge in [0.05, 0.1) is 18.7 Å². The Kier molecular flexibility index (Phi) is 5.47. The molecule has 1 heterocycles. The number of alkyl halides is 2. The lowest BCUT2D eigenvalue weighted by Gasteiger charge is -2.13. The highest BCUT2D eigenvalue weighted by Gasteiger charge is 2.31. The van der Waals surface area contributed by atoms with Gasteiger partial charge in [0.2, 0.25) is 0 Å². The van der Waals surface area contributed by atoms with Crippen molar-refractivity contribution < 1.29 is 22.8 Å². The van der Waals surface area contributed by atoms with Crippen LogP contribution in [0, 0.1) is 6.92 Å². The summed E-state index contributed by atoms with van der Waals surface area (Å²) < 4.78 is 31.3. The van der Waals surface area contributed by atoms with Crippen LogP contribution in [0.3, 0.4) is 0 Å². The number of carbonyl (C=O) groups is 2. The number of nitrogens with two attached hydrogens (primary N) is 1. The van der Waals surface area contributed by atoms with E-state index in [0.717, 1.165) is 0 Å². The number of nitrogens with one attached hydrogen (secondary N) is 1. The fourth-order valence-corrected chi connectivity index (χ4v) is 2.23. The normalized spacial score (nSPS) is 14.4. The van der Waals surface area contributed by atoms with E-state index in [1.54, 1.807) is 6.92 Å². The molecule has 1 aliphatic carbocycles. The number of rotatable bonds is 4. The van der Waals surface area contributed by atoms with Crippen LogP contribution >= 0.6 is 12.4 Å². The Labute approximate surface area is 126 Å². The first-order chi connectivity index (χ1) is 9.35. The summed E-state index contributed by atoms with van der Waals surface area (Å²) in [6.45, 7) is -0.123. The Morgan fingerprint density at radius 3 is 2.67 bits per heavy atom. The molecule has 1 aliphatic rings. The zero-order chi connectivity index (χ0) is 14.9. The van der Waals surface area contributed by atoms with E-state index in [9.17, 15) is 18.4 Å². The highest BCUT2D eigenvalue weighted by atomic mass is 35.5. The summed E-state index contributed by atoms with van der Waals surface area (Å²) in [5.41, 5.74) is 5.73. The molecule has 1 aromatic heterocycles. The predicted molar refractivity (Wildman–Crippen MR) is 74.3 cm³/mol. The lowest BCUT2D eigenvalue weighted by molar-refractivity contribution is 0.0115. The second-order valence-corrected chi connectivity index (χ2v) is 4.87. The van der Waals surface area contributed by atoms with Gasteiger partial charge >= 0.3 is 0 Å². The Balaban J connectivity index is 0.00000220. The molecule has 0 radical (unpaired) electrons. The van der Waals surface area contributed by atoms with E-state index in [1.807, 2.05) is 0 Å². The quantitative estimate of drug-likeness (QED) is 0.886. The van der Waals surface area contributed by atoms with Crippen molar-refractivity contribution in [2.45, 2.75) is 32.1 Å². The highest BCUT2D eigenvalue weighted by molar-refractivity contribution is 6.03. The van der Waals surface area contributed by atoms with Crippen LogP contribution in [0.1, 0.15) is 45.1 Å². The number of amides is 1. The van der Waals surface area contributed by atoms with Gasteiger partial charge in [-0.3, -0.25) is 9.59 Å². The van der Waals surface area contributed by atoms with Gasteiger partial charge in [-0.25, -0.2) is 8.78 Å². The van der Waals surface area contributed by atoms with Crippen molar-refractivity contribution in [3.05, 3.63) is 22.6 Å². The first kappa shape index (κ1) is 17.6. The number of fused-ring (bicyclic) bond motifs is 1. The maximum Gasteiger partial charge on any atom is 0.287 e. The summed E-state index contributed by atoms with van der Waals surface area (Å²) in [7, 11) is 0. The molecule has 0 aliphatic heterocycles. The van der Waals surface area contributed by atoms with E-state index < -0.39 is 24.9 Å². The molecule has 0 spiro atoms. The molecule has 3 N–H and O–H groups in total. The number of hydrogen-bond donors (Lipinski definition) is 2. The Morgan fingerprint density at radius 2 is 2.10 bits per heavy atom. The van der Waals surface area contributed by atoms with Crippen LogP contribution in [0.2, 0.25) is 0 Å². The van der Waals surface area contributed by atoms with Crippen molar-refractivity contribution in [2.24, 2.45) is 5.73 Å². The zero-order valence-electron chi connectivity index (χ0n) is 11.5. The molecule has 1 aromatic rings. The number of halogens is 3. The van der Waals surface area contributed by atoms with E-state index in [-0.39, 0.29) is 24.0 Å². The average Bonchev–Trinajstić information content (AvgIpc) is 2.75. The number of carbonyl (C=O) groups excluding carboxylic acids is 2. The van der Waals surface area contributed by atoms with Gasteiger partial charge in [-0.15, -0.1) is 12.4 Å². The smallest absolute Gasteiger partial charge is 0.287 e. The predicted octanol–water partition coefficient (Wildman–Crippen LogP) is 1.85. The summed E-state index contributed by atoms with van der Waals surface area (Å²) >= 11 is 0. The van der Waals surface area contributed by atoms with Gasteiger partial charge in [-0.1, -0.05) is 0 Å². The molecule has 5 nitrogen and oxygen atoms in total. The third-order valence-electron chi connectivity index (χ3n) is 3.32. The number of furan rings is 1. The van der Waals surface area contributed by atoms with Crippen LogP contribution in [0.15, 0.2) is 4.42 Å². The van der Waals surface area contributed by atoms with Crippen molar-refractivity contribution in [3.8, 4) is 0 Å². The molecule has 0 bridgehead atoms. The minimum atomic E-state index is -3.16. The molecular formula is C13H17ClF2N2O3. The minimum absolute atomic E-state index is 0. The number of Topliss-reactive ketones (excluding diaryl/α,β-unsaturated/α-hetero) is 1. The molecule has 0 fully saturated rings. The fraction of sp³-hybridized carbons (Fsp3) is 0.538. The van der Waals surface area contributed by atoms with Crippen LogP contribution < -0.4 is 11.1 Å². The summed E-state index contributed by atoms with van der Waals surface area (Å²) in [6.07, 6.45) is 1.67. The molecule has 0 unspecified atom stereocenters. The van der Waals surface area contributed by atoms with E-state index in [1.165, 1.54) is 0 Å². The van der Waals surface area contributed by atoms with Crippen molar-refractivity contribution in [3.63, 3.8) is 0 Å². The summed E-state index contributed by atoms with van der Waals surface area (Å²) in [5, 5.41) is 2.08. The zero-order valence-corrected chi connectivity index (χ0v) is 12.3. The van der Waals surface area contributed by atoms with Gasteiger partial charge < -0.3 is 15.5 Å². The second kappa shape index (κ2) is 6.53. The van der Waals surface area contributed by atoms with Crippen molar-refractivity contribution in [1.82, 2.24) is 5.32 Å². The van der Waals surface area contributed by atoms with Gasteiger partial charge in [-0.2, -0.15) is 0 Å². The molecule has 0 aromatic carbocycles. The molecular weight excluding hydrogens is 306 g/mol. The van der Waals surface area contributed by atoms with Gasteiger partial charge in [-0.05, 0) is 13.3 Å². The van der Waals surface area contributed by atoms with E-state index in [2.05, 4.69) is 5.32 Å². The summed E-state index contributed by atoms with van der Waals surface area (Å²) in [5.74, 6) is -3.59. The maximum absolute atomic E-state index is 13.0. The van der Waals surface area contributed by atoms with E-state index in [4.69, 9.17) is 10.2 Å². The Hall–Kier alpha value is -1.47. The SMILES string of the molecule is Cc1c(C(=O)NCC(F)(F)CN)oc2c1C(=O)CCC2.Cl. The summed E-state index contributed by atoms with van der Waals surface area (Å²) in [4.78, 5) is 23.6. The average molecular weight is 323 g/mol. The van der Waals surface area contributed by atoms with Crippen LogP contribution in [-0.4, -0.2) is 30.7 Å². The van der Waals surface area contributed by atoms with Gasteiger partial charge in [0.15, 0.2) is 11.5 Å². The van der Waals surface area contributed by atoms with Crippen LogP contribution in [0.25, 0.3) is 0 Å². The topological polar surface area (TPSA) is 85.3 Å². The van der Waals surface area contributed by atoms with Gasteiger partial charge in [0, 0.05) is 18.4 Å². The summed E-state index contributed by atoms with van der Waals surface area (Å²) in [6, 6.07) is 0. The number of ketones is 1. The van der Waals surface area contributed by atoms with Gasteiger partial charge in [0.25, 0.3) is 11.8 Å². The molecule has 118 valence electrons. The highest BCUT2D eigenvalue weighted by Crippen LogP contribution is 2.29. The lowest BCUT2D eigenvalue weighted by atomic mass is 9.94. The molecule has 0 saturated heterocycles. The maximum atomic E-state index is 13.0. The van der Waals surface area contributed by atoms with Gasteiger partial charge in [0.1, 0.15) is 5.76 Å². The van der Waals surface area contributed by atoms with Crippen molar-refractivity contribution >= 4 is 24.1 Å². The number of hydrogen-bond acceptors (Lipinski definition) is 4.